The van der Waals surface area contributed by atoms with Gasteiger partial charge >= 0.3 is 0 Å². The molecule has 0 saturated carbocycles. The third kappa shape index (κ3) is 1.96. The molecule has 0 aliphatic rings. The molecule has 0 aromatic carbocycles. The summed E-state index contributed by atoms with van der Waals surface area (Å²) in [5.41, 5.74) is 0.703. The summed E-state index contributed by atoms with van der Waals surface area (Å²) in [6.07, 6.45) is 2.69. The van der Waals surface area contributed by atoms with Crippen LogP contribution in [0.3, 0.4) is 0 Å². The van der Waals surface area contributed by atoms with Crippen LogP contribution in [0, 0.1) is 5.92 Å². The maximum Gasteiger partial charge on any atom is 0.0842 e. The molecule has 1 N–H and O–H groups in total. The highest BCUT2D eigenvalue weighted by Gasteiger charge is 2.14. The smallest absolute Gasteiger partial charge is 0.0842 e. The molecule has 0 fully saturated rings. The van der Waals surface area contributed by atoms with Crippen LogP contribution >= 0.6 is 11.6 Å². The molecule has 0 spiro atoms. The van der Waals surface area contributed by atoms with E-state index in [0.29, 0.717) is 10.6 Å². The fourth-order valence-electron chi connectivity index (χ4n) is 0.966. The molecule has 0 radical (unpaired) electrons. The molecule has 1 aromatic rings. The van der Waals surface area contributed by atoms with Gasteiger partial charge in [0.1, 0.15) is 0 Å². The number of aliphatic hydroxyl groups is 1. The van der Waals surface area contributed by atoms with Crippen LogP contribution in [-0.4, -0.2) is 10.1 Å². The average molecular weight is 186 g/mol. The third-order valence-corrected chi connectivity index (χ3v) is 2.09. The first kappa shape index (κ1) is 9.49. The van der Waals surface area contributed by atoms with Gasteiger partial charge in [0.2, 0.25) is 0 Å². The van der Waals surface area contributed by atoms with Gasteiger partial charge < -0.3 is 5.11 Å². The van der Waals surface area contributed by atoms with Gasteiger partial charge in [0, 0.05) is 23.0 Å². The van der Waals surface area contributed by atoms with E-state index in [1.165, 1.54) is 0 Å². The zero-order chi connectivity index (χ0) is 9.14. The van der Waals surface area contributed by atoms with Crippen molar-refractivity contribution in [3.05, 3.63) is 29.0 Å². The van der Waals surface area contributed by atoms with E-state index in [4.69, 9.17) is 11.6 Å². The molecule has 2 nitrogen and oxygen atoms in total. The monoisotopic (exact) mass is 185 g/mol. The summed E-state index contributed by atoms with van der Waals surface area (Å²) in [5, 5.41) is 10.2. The summed E-state index contributed by atoms with van der Waals surface area (Å²) in [6, 6.07) is 1.68. The van der Waals surface area contributed by atoms with Crippen LogP contribution in [-0.2, 0) is 0 Å². The molecule has 1 heterocycles. The molecule has 0 amide bonds. The molecule has 0 aliphatic carbocycles. The van der Waals surface area contributed by atoms with E-state index < -0.39 is 6.10 Å². The number of rotatable bonds is 2. The van der Waals surface area contributed by atoms with Crippen LogP contribution in [0.4, 0.5) is 0 Å². The highest BCUT2D eigenvalue weighted by atomic mass is 35.5. The van der Waals surface area contributed by atoms with E-state index in [9.17, 15) is 5.11 Å². The number of nitrogens with zero attached hydrogens (tertiary/aromatic N) is 1. The Morgan fingerprint density at radius 1 is 1.50 bits per heavy atom. The topological polar surface area (TPSA) is 33.1 Å². The minimum absolute atomic E-state index is 0.159. The van der Waals surface area contributed by atoms with Crippen molar-refractivity contribution in [2.24, 2.45) is 5.92 Å². The fourth-order valence-corrected chi connectivity index (χ4v) is 1.18. The summed E-state index contributed by atoms with van der Waals surface area (Å²) in [4.78, 5) is 3.90. The minimum atomic E-state index is -0.522. The van der Waals surface area contributed by atoms with Crippen LogP contribution < -0.4 is 0 Å². The van der Waals surface area contributed by atoms with Gasteiger partial charge in [-0.2, -0.15) is 0 Å². The van der Waals surface area contributed by atoms with Crippen molar-refractivity contribution in [1.82, 2.24) is 4.98 Å². The Balaban J connectivity index is 2.94. The van der Waals surface area contributed by atoms with Crippen molar-refractivity contribution >= 4 is 11.6 Å². The number of aromatic nitrogens is 1. The van der Waals surface area contributed by atoms with Crippen LogP contribution in [0.2, 0.25) is 5.02 Å². The van der Waals surface area contributed by atoms with E-state index in [2.05, 4.69) is 4.98 Å². The molecule has 12 heavy (non-hydrogen) atoms. The first-order valence-electron chi connectivity index (χ1n) is 3.90. The Labute approximate surface area is 77.2 Å². The highest BCUT2D eigenvalue weighted by Crippen LogP contribution is 2.26. The molecule has 0 unspecified atom stereocenters. The summed E-state index contributed by atoms with van der Waals surface area (Å²) in [7, 11) is 0. The average Bonchev–Trinajstić information content (AvgIpc) is 2.04. The predicted molar refractivity (Wildman–Crippen MR) is 49.0 cm³/mol. The lowest BCUT2D eigenvalue weighted by Gasteiger charge is -2.15. The van der Waals surface area contributed by atoms with Crippen LogP contribution in [0.1, 0.15) is 25.5 Å². The third-order valence-electron chi connectivity index (χ3n) is 1.75. The lowest BCUT2D eigenvalue weighted by atomic mass is 10.0. The van der Waals surface area contributed by atoms with Gasteiger partial charge in [-0.1, -0.05) is 25.4 Å². The number of pyridine rings is 1. The normalized spacial score (nSPS) is 13.4. The highest BCUT2D eigenvalue weighted by molar-refractivity contribution is 6.31. The maximum absolute atomic E-state index is 9.65. The van der Waals surface area contributed by atoms with Gasteiger partial charge in [-0.25, -0.2) is 0 Å². The molecule has 1 aromatic heterocycles. The molecule has 0 bridgehead atoms. The minimum Gasteiger partial charge on any atom is -0.388 e. The Morgan fingerprint density at radius 3 is 2.67 bits per heavy atom. The fraction of sp³-hybridized carbons (Fsp3) is 0.444. The van der Waals surface area contributed by atoms with Crippen molar-refractivity contribution in [2.75, 3.05) is 0 Å². The predicted octanol–water partition coefficient (Wildman–Crippen LogP) is 2.42. The number of hydrogen-bond acceptors (Lipinski definition) is 2. The zero-order valence-corrected chi connectivity index (χ0v) is 7.92. The Kier molecular flexibility index (Phi) is 3.06. The van der Waals surface area contributed by atoms with Crippen LogP contribution in [0.25, 0.3) is 0 Å². The SMILES string of the molecule is CC(C)[C@H](O)c1cnccc1Cl. The zero-order valence-electron chi connectivity index (χ0n) is 7.16. The molecular formula is C9H12ClNO. The van der Waals surface area contributed by atoms with Gasteiger partial charge in [0.15, 0.2) is 0 Å². The van der Waals surface area contributed by atoms with E-state index in [1.807, 2.05) is 13.8 Å². The molecule has 1 atom stereocenters. The second kappa shape index (κ2) is 3.87. The van der Waals surface area contributed by atoms with Crippen LogP contribution in [0.5, 0.6) is 0 Å². The van der Waals surface area contributed by atoms with Gasteiger partial charge in [-0.3, -0.25) is 4.98 Å². The molecule has 66 valence electrons. The maximum atomic E-state index is 9.65. The van der Waals surface area contributed by atoms with Crippen LogP contribution in [0.15, 0.2) is 18.5 Å². The van der Waals surface area contributed by atoms with Crippen molar-refractivity contribution in [3.8, 4) is 0 Å². The number of hydrogen-bond donors (Lipinski definition) is 1. The van der Waals surface area contributed by atoms with Gasteiger partial charge in [0.25, 0.3) is 0 Å². The lowest BCUT2D eigenvalue weighted by molar-refractivity contribution is 0.126. The summed E-state index contributed by atoms with van der Waals surface area (Å²) >= 11 is 5.86. The van der Waals surface area contributed by atoms with Crippen molar-refractivity contribution < 1.29 is 5.11 Å². The first-order chi connectivity index (χ1) is 5.63. The standard InChI is InChI=1S/C9H12ClNO/c1-6(2)9(12)7-5-11-4-3-8(7)10/h3-6,9,12H,1-2H3/t9-/m0/s1. The van der Waals surface area contributed by atoms with E-state index in [0.717, 1.165) is 0 Å². The van der Waals surface area contributed by atoms with E-state index in [1.54, 1.807) is 18.5 Å². The molecule has 0 aliphatic heterocycles. The van der Waals surface area contributed by atoms with Crippen molar-refractivity contribution in [2.45, 2.75) is 20.0 Å². The van der Waals surface area contributed by atoms with E-state index >= 15 is 0 Å². The van der Waals surface area contributed by atoms with E-state index in [-0.39, 0.29) is 5.92 Å². The second-order valence-electron chi connectivity index (χ2n) is 3.09. The lowest BCUT2D eigenvalue weighted by Crippen LogP contribution is -2.06. The second-order valence-corrected chi connectivity index (χ2v) is 3.49. The number of aliphatic hydroxyl groups excluding tert-OH is 1. The van der Waals surface area contributed by atoms with Crippen molar-refractivity contribution in [1.29, 1.82) is 0 Å². The van der Waals surface area contributed by atoms with Gasteiger partial charge in [-0.05, 0) is 12.0 Å². The van der Waals surface area contributed by atoms with Gasteiger partial charge in [0.05, 0.1) is 6.10 Å². The molecule has 3 heteroatoms. The molecular weight excluding hydrogens is 174 g/mol. The quantitative estimate of drug-likeness (QED) is 0.768. The summed E-state index contributed by atoms with van der Waals surface area (Å²) in [5.74, 6) is 0.159. The summed E-state index contributed by atoms with van der Waals surface area (Å²) < 4.78 is 0. The number of halogens is 1. The van der Waals surface area contributed by atoms with Gasteiger partial charge in [-0.15, -0.1) is 0 Å². The first-order valence-corrected chi connectivity index (χ1v) is 4.28. The largest absolute Gasteiger partial charge is 0.388 e. The Morgan fingerprint density at radius 2 is 2.17 bits per heavy atom. The molecule has 1 rings (SSSR count). The Bertz CT molecular complexity index is 262. The van der Waals surface area contributed by atoms with Crippen molar-refractivity contribution in [3.63, 3.8) is 0 Å². The molecule has 0 saturated heterocycles. The summed E-state index contributed by atoms with van der Waals surface area (Å²) in [6.45, 7) is 3.88. The Hall–Kier alpha value is -0.600.